The monoisotopic (exact) mass is 376 g/mol. The van der Waals surface area contributed by atoms with Crippen LogP contribution in [0.4, 0.5) is 0 Å². The summed E-state index contributed by atoms with van der Waals surface area (Å²) in [5.74, 6) is 4.26. The highest BCUT2D eigenvalue weighted by atomic mass is 16.3. The van der Waals surface area contributed by atoms with Crippen LogP contribution in [0.3, 0.4) is 0 Å². The fraction of sp³-hybridized carbons (Fsp3) is 1.00. The lowest BCUT2D eigenvalue weighted by Gasteiger charge is -2.62. The first kappa shape index (κ1) is 20.2. The van der Waals surface area contributed by atoms with Crippen LogP contribution in [0, 0.1) is 40.4 Å². The van der Waals surface area contributed by atoms with E-state index in [1.807, 2.05) is 13.8 Å². The molecule has 0 heterocycles. The smallest absolute Gasteiger partial charge is 0.0622 e. The summed E-state index contributed by atoms with van der Waals surface area (Å²) < 4.78 is 0. The molecule has 8 unspecified atom stereocenters. The van der Waals surface area contributed by atoms with E-state index in [0.29, 0.717) is 10.8 Å². The molecule has 4 rings (SSSR count). The van der Waals surface area contributed by atoms with Crippen molar-refractivity contribution in [2.24, 2.45) is 40.4 Å². The van der Waals surface area contributed by atoms with E-state index in [9.17, 15) is 10.2 Å². The van der Waals surface area contributed by atoms with E-state index in [1.54, 1.807) is 0 Å². The minimum atomic E-state index is -0.518. The summed E-state index contributed by atoms with van der Waals surface area (Å²) in [6, 6.07) is 0. The Hall–Kier alpha value is -0.0800. The first-order valence-electron chi connectivity index (χ1n) is 11.9. The van der Waals surface area contributed by atoms with Gasteiger partial charge in [-0.1, -0.05) is 13.8 Å². The van der Waals surface area contributed by atoms with Crippen LogP contribution >= 0.6 is 0 Å². The molecular formula is C25H44O2. The number of rotatable bonds is 3. The first-order valence-corrected chi connectivity index (χ1v) is 11.9. The molecule has 27 heavy (non-hydrogen) atoms. The summed E-state index contributed by atoms with van der Waals surface area (Å²) >= 11 is 0. The molecule has 0 aromatic carbocycles. The highest BCUT2D eigenvalue weighted by molar-refractivity contribution is 5.10. The molecule has 2 nitrogen and oxygen atoms in total. The second-order valence-electron chi connectivity index (χ2n) is 12.5. The van der Waals surface area contributed by atoms with Gasteiger partial charge in [-0.05, 0) is 132 Å². The van der Waals surface area contributed by atoms with E-state index in [1.165, 1.54) is 51.4 Å². The quantitative estimate of drug-likeness (QED) is 0.639. The Bertz CT molecular complexity index is 561. The minimum Gasteiger partial charge on any atom is -0.390 e. The van der Waals surface area contributed by atoms with Gasteiger partial charge in [0.2, 0.25) is 0 Å². The van der Waals surface area contributed by atoms with Crippen LogP contribution in [0.25, 0.3) is 0 Å². The molecule has 4 aliphatic carbocycles. The van der Waals surface area contributed by atoms with Crippen LogP contribution in [0.2, 0.25) is 0 Å². The molecule has 0 saturated heterocycles. The molecule has 0 spiro atoms. The maximum absolute atomic E-state index is 10.7. The van der Waals surface area contributed by atoms with Crippen molar-refractivity contribution in [3.05, 3.63) is 0 Å². The van der Waals surface area contributed by atoms with Gasteiger partial charge >= 0.3 is 0 Å². The van der Waals surface area contributed by atoms with Crippen molar-refractivity contribution in [1.29, 1.82) is 0 Å². The standard InChI is InChI=1S/C25H44O2/c1-22(2,26)12-10-17-7-9-20-19-8-6-18-16-23(3,27)14-15-25(18,5)21(19)11-13-24(17,20)4/h17-21,26-27H,6-16H2,1-5H3. The van der Waals surface area contributed by atoms with Crippen LogP contribution < -0.4 is 0 Å². The van der Waals surface area contributed by atoms with Gasteiger partial charge in [0.05, 0.1) is 11.2 Å². The Kier molecular flexibility index (Phi) is 4.83. The third-order valence-corrected chi connectivity index (χ3v) is 10.3. The number of fused-ring (bicyclic) bond motifs is 5. The Balaban J connectivity index is 1.51. The van der Waals surface area contributed by atoms with Crippen LogP contribution in [0.5, 0.6) is 0 Å². The van der Waals surface area contributed by atoms with Gasteiger partial charge in [-0.3, -0.25) is 0 Å². The maximum Gasteiger partial charge on any atom is 0.0622 e. The Morgan fingerprint density at radius 3 is 2.26 bits per heavy atom. The molecule has 0 bridgehead atoms. The zero-order valence-electron chi connectivity index (χ0n) is 18.6. The molecule has 156 valence electrons. The van der Waals surface area contributed by atoms with E-state index in [4.69, 9.17) is 0 Å². The van der Waals surface area contributed by atoms with Crippen molar-refractivity contribution in [2.45, 2.75) is 116 Å². The average molecular weight is 377 g/mol. The van der Waals surface area contributed by atoms with Crippen LogP contribution in [0.15, 0.2) is 0 Å². The largest absolute Gasteiger partial charge is 0.390 e. The van der Waals surface area contributed by atoms with Crippen molar-refractivity contribution < 1.29 is 10.2 Å². The van der Waals surface area contributed by atoms with Gasteiger partial charge in [-0.15, -0.1) is 0 Å². The topological polar surface area (TPSA) is 40.5 Å². The second kappa shape index (κ2) is 6.46. The molecule has 8 atom stereocenters. The van der Waals surface area contributed by atoms with Gasteiger partial charge in [-0.2, -0.15) is 0 Å². The Morgan fingerprint density at radius 2 is 1.56 bits per heavy atom. The van der Waals surface area contributed by atoms with Gasteiger partial charge in [0.15, 0.2) is 0 Å². The molecular weight excluding hydrogens is 332 g/mol. The summed E-state index contributed by atoms with van der Waals surface area (Å²) in [7, 11) is 0. The van der Waals surface area contributed by atoms with Crippen molar-refractivity contribution in [3.8, 4) is 0 Å². The van der Waals surface area contributed by atoms with E-state index in [2.05, 4.69) is 20.8 Å². The molecule has 0 aliphatic heterocycles. The summed E-state index contributed by atoms with van der Waals surface area (Å²) in [4.78, 5) is 0. The second-order valence-corrected chi connectivity index (χ2v) is 12.5. The van der Waals surface area contributed by atoms with Crippen molar-refractivity contribution in [1.82, 2.24) is 0 Å². The number of aliphatic hydroxyl groups is 2. The van der Waals surface area contributed by atoms with Crippen molar-refractivity contribution >= 4 is 0 Å². The van der Waals surface area contributed by atoms with Gasteiger partial charge in [0.1, 0.15) is 0 Å². The SMILES string of the molecule is CC(C)(O)CCC1CCC2C3CCC4CC(C)(O)CCC4(C)C3CCC12C. The lowest BCUT2D eigenvalue weighted by molar-refractivity contribution is -0.146. The van der Waals surface area contributed by atoms with Crippen LogP contribution in [-0.2, 0) is 0 Å². The van der Waals surface area contributed by atoms with E-state index in [-0.39, 0.29) is 0 Å². The average Bonchev–Trinajstić information content (AvgIpc) is 2.89. The normalized spacial score (nSPS) is 52.8. The highest BCUT2D eigenvalue weighted by Gasteiger charge is 2.60. The Labute approximate surface area is 167 Å². The van der Waals surface area contributed by atoms with E-state index in [0.717, 1.165) is 48.9 Å². The predicted molar refractivity (Wildman–Crippen MR) is 111 cm³/mol. The molecule has 2 N–H and O–H groups in total. The van der Waals surface area contributed by atoms with Gasteiger partial charge in [0.25, 0.3) is 0 Å². The molecule has 0 aromatic heterocycles. The molecule has 4 saturated carbocycles. The fourth-order valence-corrected chi connectivity index (χ4v) is 8.54. The first-order chi connectivity index (χ1) is 12.4. The molecule has 0 amide bonds. The van der Waals surface area contributed by atoms with E-state index >= 15 is 0 Å². The molecule has 0 radical (unpaired) electrons. The van der Waals surface area contributed by atoms with Gasteiger partial charge in [0, 0.05) is 0 Å². The van der Waals surface area contributed by atoms with Gasteiger partial charge < -0.3 is 10.2 Å². The minimum absolute atomic E-state index is 0.421. The Morgan fingerprint density at radius 1 is 0.852 bits per heavy atom. The highest BCUT2D eigenvalue weighted by Crippen LogP contribution is 2.68. The van der Waals surface area contributed by atoms with Gasteiger partial charge in [-0.25, -0.2) is 0 Å². The summed E-state index contributed by atoms with van der Waals surface area (Å²) in [5, 5.41) is 20.9. The summed E-state index contributed by atoms with van der Waals surface area (Å²) in [5.41, 5.74) is 0.0411. The summed E-state index contributed by atoms with van der Waals surface area (Å²) in [6.45, 7) is 11.2. The zero-order chi connectivity index (χ0) is 19.7. The zero-order valence-corrected chi connectivity index (χ0v) is 18.6. The van der Waals surface area contributed by atoms with Crippen molar-refractivity contribution in [3.63, 3.8) is 0 Å². The molecule has 2 heteroatoms. The predicted octanol–water partition coefficient (Wildman–Crippen LogP) is 5.95. The number of hydrogen-bond acceptors (Lipinski definition) is 2. The third kappa shape index (κ3) is 3.41. The molecule has 4 aliphatic rings. The third-order valence-electron chi connectivity index (χ3n) is 10.3. The molecule has 0 aromatic rings. The fourth-order valence-electron chi connectivity index (χ4n) is 8.54. The van der Waals surface area contributed by atoms with Crippen molar-refractivity contribution in [2.75, 3.05) is 0 Å². The summed E-state index contributed by atoms with van der Waals surface area (Å²) in [6.07, 6.45) is 13.8. The lowest BCUT2D eigenvalue weighted by atomic mass is 9.44. The number of hydrogen-bond donors (Lipinski definition) is 2. The maximum atomic E-state index is 10.7. The lowest BCUT2D eigenvalue weighted by Crippen LogP contribution is -2.55. The van der Waals surface area contributed by atoms with Crippen LogP contribution in [0.1, 0.15) is 105 Å². The molecule has 4 fully saturated rings. The van der Waals surface area contributed by atoms with E-state index < -0.39 is 11.2 Å². The van der Waals surface area contributed by atoms with Crippen LogP contribution in [-0.4, -0.2) is 21.4 Å².